The van der Waals surface area contributed by atoms with Crippen LogP contribution in [-0.4, -0.2) is 34.2 Å². The van der Waals surface area contributed by atoms with Gasteiger partial charge in [0.2, 0.25) is 0 Å². The third kappa shape index (κ3) is 2.17. The van der Waals surface area contributed by atoms with Crippen LogP contribution in [0.2, 0.25) is 10.2 Å². The van der Waals surface area contributed by atoms with E-state index in [4.69, 9.17) is 28.3 Å². The van der Waals surface area contributed by atoms with Gasteiger partial charge in [-0.2, -0.15) is 0 Å². The first-order valence-corrected chi connectivity index (χ1v) is 5.12. The lowest BCUT2D eigenvalue weighted by Gasteiger charge is -2.35. The number of β-amino-alcohol motifs (C(OH)–C–C–N with tert-alkyl or cyclic N) is 1. The van der Waals surface area contributed by atoms with Crippen LogP contribution in [-0.2, 0) is 6.54 Å². The molecule has 1 aromatic heterocycles. The molecule has 14 heavy (non-hydrogen) atoms. The largest absolute Gasteiger partial charge is 0.390 e. The lowest BCUT2D eigenvalue weighted by atomic mass is 10.1. The highest BCUT2D eigenvalue weighted by Gasteiger charge is 2.25. The third-order valence-corrected chi connectivity index (χ3v) is 2.75. The fourth-order valence-corrected chi connectivity index (χ4v) is 1.78. The van der Waals surface area contributed by atoms with E-state index in [1.807, 2.05) is 0 Å². The molecule has 1 aliphatic heterocycles. The molecule has 0 radical (unpaired) electrons. The highest BCUT2D eigenvalue weighted by atomic mass is 35.5. The standard InChI is InChI=1S/C9H10Cl2N2O/c10-7-1-2-9(11)12-8(7)5-13-3-6(14)4-13/h1-2,6,14H,3-5H2. The normalized spacial score (nSPS) is 18.2. The maximum atomic E-state index is 9.10. The summed E-state index contributed by atoms with van der Waals surface area (Å²) in [4.78, 5) is 6.19. The number of likely N-dealkylation sites (tertiary alicyclic amines) is 1. The smallest absolute Gasteiger partial charge is 0.129 e. The molecule has 2 rings (SSSR count). The van der Waals surface area contributed by atoms with Gasteiger partial charge in [-0.15, -0.1) is 0 Å². The summed E-state index contributed by atoms with van der Waals surface area (Å²) >= 11 is 11.7. The zero-order chi connectivity index (χ0) is 10.1. The molecule has 1 saturated heterocycles. The average Bonchev–Trinajstić information content (AvgIpc) is 2.09. The van der Waals surface area contributed by atoms with Crippen LogP contribution in [0.25, 0.3) is 0 Å². The van der Waals surface area contributed by atoms with Crippen molar-refractivity contribution in [3.8, 4) is 0 Å². The predicted molar refractivity (Wildman–Crippen MR) is 55.5 cm³/mol. The number of hydrogen-bond acceptors (Lipinski definition) is 3. The first-order chi connectivity index (χ1) is 6.65. The van der Waals surface area contributed by atoms with Crippen molar-refractivity contribution in [3.05, 3.63) is 28.0 Å². The number of halogens is 2. The maximum absolute atomic E-state index is 9.10. The topological polar surface area (TPSA) is 36.4 Å². The van der Waals surface area contributed by atoms with Crippen molar-refractivity contribution in [1.29, 1.82) is 0 Å². The summed E-state index contributed by atoms with van der Waals surface area (Å²) in [6, 6.07) is 3.40. The molecular weight excluding hydrogens is 223 g/mol. The van der Waals surface area contributed by atoms with Crippen LogP contribution in [0.1, 0.15) is 5.69 Å². The molecule has 0 aromatic carbocycles. The summed E-state index contributed by atoms with van der Waals surface area (Å²) in [5.74, 6) is 0. The number of pyridine rings is 1. The Morgan fingerprint density at radius 2 is 2.14 bits per heavy atom. The highest BCUT2D eigenvalue weighted by molar-refractivity contribution is 6.32. The fourth-order valence-electron chi connectivity index (χ4n) is 1.45. The van der Waals surface area contributed by atoms with E-state index in [1.165, 1.54) is 0 Å². The molecule has 0 bridgehead atoms. The van der Waals surface area contributed by atoms with E-state index in [1.54, 1.807) is 12.1 Å². The molecule has 0 spiro atoms. The average molecular weight is 233 g/mol. The number of aliphatic hydroxyl groups is 1. The van der Waals surface area contributed by atoms with Crippen LogP contribution in [0.4, 0.5) is 0 Å². The first kappa shape index (κ1) is 10.2. The van der Waals surface area contributed by atoms with E-state index in [9.17, 15) is 0 Å². The molecule has 1 aromatic rings. The van der Waals surface area contributed by atoms with Crippen LogP contribution in [0.5, 0.6) is 0 Å². The first-order valence-electron chi connectivity index (χ1n) is 4.36. The van der Waals surface area contributed by atoms with Crippen LogP contribution in [0, 0.1) is 0 Å². The van der Waals surface area contributed by atoms with Gasteiger partial charge in [-0.1, -0.05) is 23.2 Å². The van der Waals surface area contributed by atoms with Crippen molar-refractivity contribution >= 4 is 23.2 Å². The summed E-state index contributed by atoms with van der Waals surface area (Å²) in [7, 11) is 0. The molecule has 0 saturated carbocycles. The van der Waals surface area contributed by atoms with Crippen LogP contribution in [0.3, 0.4) is 0 Å². The Bertz CT molecular complexity index is 340. The highest BCUT2D eigenvalue weighted by Crippen LogP contribution is 2.20. The van der Waals surface area contributed by atoms with Gasteiger partial charge in [-0.05, 0) is 12.1 Å². The molecule has 0 amide bonds. The molecule has 0 atom stereocenters. The van der Waals surface area contributed by atoms with E-state index in [0.717, 1.165) is 5.69 Å². The van der Waals surface area contributed by atoms with Crippen molar-refractivity contribution in [2.24, 2.45) is 0 Å². The molecule has 1 fully saturated rings. The van der Waals surface area contributed by atoms with E-state index >= 15 is 0 Å². The molecule has 1 N–H and O–H groups in total. The molecule has 0 aliphatic carbocycles. The van der Waals surface area contributed by atoms with Gasteiger partial charge in [-0.3, -0.25) is 4.90 Å². The molecule has 2 heterocycles. The molecule has 3 nitrogen and oxygen atoms in total. The predicted octanol–water partition coefficient (Wildman–Crippen LogP) is 1.56. The van der Waals surface area contributed by atoms with Gasteiger partial charge in [0.05, 0.1) is 16.8 Å². The van der Waals surface area contributed by atoms with Crippen molar-refractivity contribution in [2.75, 3.05) is 13.1 Å². The summed E-state index contributed by atoms with van der Waals surface area (Å²) in [6.07, 6.45) is -0.201. The Morgan fingerprint density at radius 3 is 2.79 bits per heavy atom. The second kappa shape index (κ2) is 4.03. The van der Waals surface area contributed by atoms with Crippen LogP contribution in [0.15, 0.2) is 12.1 Å². The van der Waals surface area contributed by atoms with Gasteiger partial charge >= 0.3 is 0 Å². The minimum absolute atomic E-state index is 0.201. The van der Waals surface area contributed by atoms with E-state index in [-0.39, 0.29) is 6.10 Å². The molecule has 1 aliphatic rings. The number of hydrogen-bond donors (Lipinski definition) is 1. The quantitative estimate of drug-likeness (QED) is 0.787. The lowest BCUT2D eigenvalue weighted by molar-refractivity contribution is -0.00351. The Balaban J connectivity index is 2.05. The van der Waals surface area contributed by atoms with E-state index in [2.05, 4.69) is 9.88 Å². The summed E-state index contributed by atoms with van der Waals surface area (Å²) in [5, 5.41) is 10.2. The fraction of sp³-hybridized carbons (Fsp3) is 0.444. The summed E-state index contributed by atoms with van der Waals surface area (Å²) in [5.41, 5.74) is 0.770. The molecule has 76 valence electrons. The van der Waals surface area contributed by atoms with Crippen molar-refractivity contribution in [1.82, 2.24) is 9.88 Å². The van der Waals surface area contributed by atoms with Gasteiger partial charge in [0.15, 0.2) is 0 Å². The number of aliphatic hydroxyl groups excluding tert-OH is 1. The van der Waals surface area contributed by atoms with Crippen LogP contribution < -0.4 is 0 Å². The summed E-state index contributed by atoms with van der Waals surface area (Å²) < 4.78 is 0. The Morgan fingerprint density at radius 1 is 1.43 bits per heavy atom. The van der Waals surface area contributed by atoms with Gasteiger partial charge < -0.3 is 5.11 Å². The monoisotopic (exact) mass is 232 g/mol. The van der Waals surface area contributed by atoms with Crippen molar-refractivity contribution in [2.45, 2.75) is 12.6 Å². The van der Waals surface area contributed by atoms with Gasteiger partial charge in [0.1, 0.15) is 5.15 Å². The maximum Gasteiger partial charge on any atom is 0.129 e. The van der Waals surface area contributed by atoms with Crippen LogP contribution >= 0.6 is 23.2 Å². The Kier molecular flexibility index (Phi) is 2.93. The number of rotatable bonds is 2. The summed E-state index contributed by atoms with van der Waals surface area (Å²) in [6.45, 7) is 2.02. The molecule has 5 heteroatoms. The zero-order valence-corrected chi connectivity index (χ0v) is 8.96. The molecule has 0 unspecified atom stereocenters. The zero-order valence-electron chi connectivity index (χ0n) is 7.45. The number of aromatic nitrogens is 1. The van der Waals surface area contributed by atoms with Gasteiger partial charge in [-0.25, -0.2) is 4.98 Å². The van der Waals surface area contributed by atoms with Gasteiger partial charge in [0, 0.05) is 19.6 Å². The van der Waals surface area contributed by atoms with Gasteiger partial charge in [0.25, 0.3) is 0 Å². The van der Waals surface area contributed by atoms with Crippen molar-refractivity contribution < 1.29 is 5.11 Å². The number of nitrogens with zero attached hydrogens (tertiary/aromatic N) is 2. The SMILES string of the molecule is OC1CN(Cc2nc(Cl)ccc2Cl)C1. The Labute approximate surface area is 92.3 Å². The lowest BCUT2D eigenvalue weighted by Crippen LogP contribution is -2.49. The Hall–Kier alpha value is -0.350. The third-order valence-electron chi connectivity index (χ3n) is 2.20. The van der Waals surface area contributed by atoms with Crippen molar-refractivity contribution in [3.63, 3.8) is 0 Å². The molecular formula is C9H10Cl2N2O. The van der Waals surface area contributed by atoms with E-state index < -0.39 is 0 Å². The minimum atomic E-state index is -0.201. The second-order valence-corrected chi connectivity index (χ2v) is 4.20. The van der Waals surface area contributed by atoms with E-state index in [0.29, 0.717) is 29.8 Å². The minimum Gasteiger partial charge on any atom is -0.390 e. The second-order valence-electron chi connectivity index (χ2n) is 3.41.